The van der Waals surface area contributed by atoms with Gasteiger partial charge in [-0.3, -0.25) is 0 Å². The Hall–Kier alpha value is -3.13. The highest BCUT2D eigenvalue weighted by Crippen LogP contribution is 2.23. The van der Waals surface area contributed by atoms with Crippen molar-refractivity contribution in [2.24, 2.45) is 5.14 Å². The number of halogens is 1. The van der Waals surface area contributed by atoms with Crippen LogP contribution in [-0.2, 0) is 20.0 Å². The first kappa shape index (κ1) is 23.5. The zero-order valence-corrected chi connectivity index (χ0v) is 18.7. The third kappa shape index (κ3) is 5.97. The van der Waals surface area contributed by atoms with Gasteiger partial charge in [-0.1, -0.05) is 12.1 Å². The average molecular weight is 481 g/mol. The predicted octanol–water partition coefficient (Wildman–Crippen LogP) is 2.44. The zero-order valence-electron chi connectivity index (χ0n) is 17.1. The molecule has 170 valence electrons. The standard InChI is InChI=1S/C19H21FN6O4S2/c1-12(2)26-32(29,30)16-8-4-5-13(10-16)23-18-17(20)11-22-19(25-18)24-14-6-3-7-15(9-14)31(21,27)28/h3-12,26H,1-2H3,(H2,21,27,28)(H2,22,23,24,25). The Morgan fingerprint density at radius 3 is 2.16 bits per heavy atom. The minimum Gasteiger partial charge on any atom is -0.338 e. The molecule has 0 saturated heterocycles. The molecule has 0 unspecified atom stereocenters. The highest BCUT2D eigenvalue weighted by molar-refractivity contribution is 7.89. The summed E-state index contributed by atoms with van der Waals surface area (Å²) in [7, 11) is -7.64. The summed E-state index contributed by atoms with van der Waals surface area (Å²) in [4.78, 5) is 7.76. The number of nitrogens with zero attached hydrogens (tertiary/aromatic N) is 2. The third-order valence-corrected chi connectivity index (χ3v) is 6.53. The summed E-state index contributed by atoms with van der Waals surface area (Å²) in [5, 5.41) is 10.6. The summed E-state index contributed by atoms with van der Waals surface area (Å²) >= 11 is 0. The van der Waals surface area contributed by atoms with Crippen LogP contribution in [-0.4, -0.2) is 32.8 Å². The first-order valence-corrected chi connectivity index (χ1v) is 12.3. The highest BCUT2D eigenvalue weighted by Gasteiger charge is 2.16. The number of aromatic nitrogens is 2. The fraction of sp³-hybridized carbons (Fsp3) is 0.158. The summed E-state index contributed by atoms with van der Waals surface area (Å²) in [5.74, 6) is -1.01. The molecule has 0 atom stereocenters. The van der Waals surface area contributed by atoms with Crippen LogP contribution in [0.25, 0.3) is 0 Å². The highest BCUT2D eigenvalue weighted by atomic mass is 32.2. The van der Waals surface area contributed by atoms with Crippen LogP contribution in [0.15, 0.2) is 64.5 Å². The van der Waals surface area contributed by atoms with Crippen LogP contribution >= 0.6 is 0 Å². The van der Waals surface area contributed by atoms with Crippen molar-refractivity contribution in [1.82, 2.24) is 14.7 Å². The maximum absolute atomic E-state index is 14.3. The molecule has 0 radical (unpaired) electrons. The Morgan fingerprint density at radius 2 is 1.53 bits per heavy atom. The van der Waals surface area contributed by atoms with Crippen LogP contribution in [0, 0.1) is 5.82 Å². The van der Waals surface area contributed by atoms with Gasteiger partial charge in [0.25, 0.3) is 0 Å². The van der Waals surface area contributed by atoms with Gasteiger partial charge in [0.05, 0.1) is 16.0 Å². The van der Waals surface area contributed by atoms with Crippen molar-refractivity contribution >= 4 is 43.2 Å². The molecule has 0 fully saturated rings. The van der Waals surface area contributed by atoms with E-state index in [1.54, 1.807) is 26.0 Å². The molecule has 0 aliphatic heterocycles. The van der Waals surface area contributed by atoms with Gasteiger partial charge in [0.15, 0.2) is 11.6 Å². The van der Waals surface area contributed by atoms with Crippen LogP contribution < -0.4 is 20.5 Å². The Balaban J connectivity index is 1.85. The van der Waals surface area contributed by atoms with Gasteiger partial charge in [-0.2, -0.15) is 4.98 Å². The lowest BCUT2D eigenvalue weighted by atomic mass is 10.3. The van der Waals surface area contributed by atoms with Gasteiger partial charge in [0.1, 0.15) is 0 Å². The smallest absolute Gasteiger partial charge is 0.240 e. The lowest BCUT2D eigenvalue weighted by molar-refractivity contribution is 0.570. The van der Waals surface area contributed by atoms with Gasteiger partial charge in [0, 0.05) is 17.4 Å². The molecule has 1 heterocycles. The molecule has 0 saturated carbocycles. The van der Waals surface area contributed by atoms with Gasteiger partial charge in [-0.25, -0.2) is 36.1 Å². The van der Waals surface area contributed by atoms with Crippen LogP contribution in [0.5, 0.6) is 0 Å². The number of rotatable bonds is 8. The van der Waals surface area contributed by atoms with Gasteiger partial charge in [0.2, 0.25) is 26.0 Å². The van der Waals surface area contributed by atoms with Crippen LogP contribution in [0.2, 0.25) is 0 Å². The van der Waals surface area contributed by atoms with Crippen LogP contribution in [0.3, 0.4) is 0 Å². The third-order valence-electron chi connectivity index (χ3n) is 3.96. The van der Waals surface area contributed by atoms with Crippen LogP contribution in [0.4, 0.5) is 27.5 Å². The van der Waals surface area contributed by atoms with Crippen LogP contribution in [0.1, 0.15) is 13.8 Å². The second-order valence-corrected chi connectivity index (χ2v) is 10.3. The Morgan fingerprint density at radius 1 is 0.938 bits per heavy atom. The average Bonchev–Trinajstić information content (AvgIpc) is 2.69. The van der Waals surface area contributed by atoms with Crippen molar-refractivity contribution in [2.45, 2.75) is 29.7 Å². The van der Waals surface area contributed by atoms with E-state index in [2.05, 4.69) is 25.3 Å². The molecule has 0 aliphatic rings. The minimum atomic E-state index is -3.90. The monoisotopic (exact) mass is 480 g/mol. The summed E-state index contributed by atoms with van der Waals surface area (Å²) in [5.41, 5.74) is 0.610. The van der Waals surface area contributed by atoms with Crippen molar-refractivity contribution in [2.75, 3.05) is 10.6 Å². The van der Waals surface area contributed by atoms with E-state index in [4.69, 9.17) is 5.14 Å². The molecule has 13 heteroatoms. The molecular weight excluding hydrogens is 459 g/mol. The molecule has 5 N–H and O–H groups in total. The molecule has 3 aromatic rings. The summed E-state index contributed by atoms with van der Waals surface area (Å²) in [6, 6.07) is 11.2. The number of hydrogen-bond acceptors (Lipinski definition) is 8. The lowest BCUT2D eigenvalue weighted by Gasteiger charge is -2.12. The number of nitrogens with two attached hydrogens (primary N) is 1. The lowest BCUT2D eigenvalue weighted by Crippen LogP contribution is -2.30. The first-order chi connectivity index (χ1) is 14.9. The molecule has 1 aromatic heterocycles. The molecule has 0 amide bonds. The van der Waals surface area contributed by atoms with Gasteiger partial charge in [-0.15, -0.1) is 0 Å². The molecule has 3 rings (SSSR count). The van der Waals surface area contributed by atoms with Gasteiger partial charge >= 0.3 is 0 Å². The van der Waals surface area contributed by atoms with E-state index in [1.165, 1.54) is 36.4 Å². The number of primary sulfonamides is 1. The number of benzene rings is 2. The topological polar surface area (TPSA) is 156 Å². The van der Waals surface area contributed by atoms with E-state index in [-0.39, 0.29) is 33.3 Å². The first-order valence-electron chi connectivity index (χ1n) is 9.26. The molecule has 0 bridgehead atoms. The van der Waals surface area contributed by atoms with E-state index in [9.17, 15) is 21.2 Å². The Labute approximate surface area is 185 Å². The normalized spacial score (nSPS) is 12.0. The minimum absolute atomic E-state index is 0.00354. The largest absolute Gasteiger partial charge is 0.338 e. The van der Waals surface area contributed by atoms with E-state index >= 15 is 0 Å². The second kappa shape index (κ2) is 9.16. The number of hydrogen-bond donors (Lipinski definition) is 4. The molecule has 10 nitrogen and oxygen atoms in total. The summed E-state index contributed by atoms with van der Waals surface area (Å²) < 4.78 is 64.5. The van der Waals surface area contributed by atoms with E-state index in [0.29, 0.717) is 5.69 Å². The SMILES string of the molecule is CC(C)NS(=O)(=O)c1cccc(Nc2nc(Nc3cccc(S(N)(=O)=O)c3)ncc2F)c1. The zero-order chi connectivity index (χ0) is 23.5. The molecule has 0 spiro atoms. The number of sulfonamides is 2. The number of anilines is 4. The second-order valence-electron chi connectivity index (χ2n) is 7.02. The van der Waals surface area contributed by atoms with E-state index in [1.807, 2.05) is 0 Å². The molecule has 32 heavy (non-hydrogen) atoms. The Bertz CT molecular complexity index is 1350. The summed E-state index contributed by atoms with van der Waals surface area (Å²) in [6.07, 6.45) is 0.919. The predicted molar refractivity (Wildman–Crippen MR) is 118 cm³/mol. The fourth-order valence-corrected chi connectivity index (χ4v) is 4.51. The number of nitrogens with one attached hydrogen (secondary N) is 3. The van der Waals surface area contributed by atoms with Gasteiger partial charge in [-0.05, 0) is 50.2 Å². The van der Waals surface area contributed by atoms with E-state index in [0.717, 1.165) is 6.20 Å². The maximum Gasteiger partial charge on any atom is 0.240 e. The maximum atomic E-state index is 14.3. The summed E-state index contributed by atoms with van der Waals surface area (Å²) in [6.45, 7) is 3.40. The molecule has 2 aromatic carbocycles. The molecular formula is C19H21FN6O4S2. The quantitative estimate of drug-likeness (QED) is 0.383. The fourth-order valence-electron chi connectivity index (χ4n) is 2.65. The van der Waals surface area contributed by atoms with Crippen molar-refractivity contribution < 1.29 is 21.2 Å². The Kier molecular flexibility index (Phi) is 6.74. The molecule has 0 aliphatic carbocycles. The van der Waals surface area contributed by atoms with Crippen molar-refractivity contribution in [1.29, 1.82) is 0 Å². The van der Waals surface area contributed by atoms with Crippen molar-refractivity contribution in [3.63, 3.8) is 0 Å². The van der Waals surface area contributed by atoms with Gasteiger partial charge < -0.3 is 10.6 Å². The van der Waals surface area contributed by atoms with Crippen molar-refractivity contribution in [3.8, 4) is 0 Å². The van der Waals surface area contributed by atoms with Crippen molar-refractivity contribution in [3.05, 3.63) is 60.5 Å². The van der Waals surface area contributed by atoms with E-state index < -0.39 is 25.9 Å².